The van der Waals surface area contributed by atoms with Gasteiger partial charge >= 0.3 is 0 Å². The quantitative estimate of drug-likeness (QED) is 0.787. The molecule has 4 rings (SSSR count). The Morgan fingerprint density at radius 3 is 2.52 bits per heavy atom. The number of carbonyl (C=O) groups excluding carboxylic acids is 1. The zero-order chi connectivity index (χ0) is 19.2. The van der Waals surface area contributed by atoms with E-state index in [1.54, 1.807) is 38.4 Å². The number of amides is 1. The molecule has 9 nitrogen and oxygen atoms in total. The van der Waals surface area contributed by atoms with Crippen LogP contribution < -0.4 is 5.43 Å². The summed E-state index contributed by atoms with van der Waals surface area (Å²) in [6.45, 7) is 3.61. The summed E-state index contributed by atoms with van der Waals surface area (Å²) in [7, 11) is -3.73. The molecule has 27 heavy (non-hydrogen) atoms. The van der Waals surface area contributed by atoms with E-state index in [1.165, 1.54) is 4.31 Å². The van der Waals surface area contributed by atoms with E-state index in [0.717, 1.165) is 5.56 Å². The summed E-state index contributed by atoms with van der Waals surface area (Å²) >= 11 is 0. The van der Waals surface area contributed by atoms with Gasteiger partial charge in [0.1, 0.15) is 5.69 Å². The molecular weight excluding hydrogens is 370 g/mol. The molecule has 2 aromatic rings. The van der Waals surface area contributed by atoms with Crippen molar-refractivity contribution in [2.24, 2.45) is 10.5 Å². The second-order valence-corrected chi connectivity index (χ2v) is 8.65. The van der Waals surface area contributed by atoms with Crippen LogP contribution in [-0.4, -0.2) is 43.7 Å². The Hall–Kier alpha value is -2.43. The minimum Gasteiger partial charge on any atom is -0.593 e. The molecule has 4 heterocycles. The van der Waals surface area contributed by atoms with Gasteiger partial charge in [0.15, 0.2) is 16.2 Å². The van der Waals surface area contributed by atoms with Gasteiger partial charge in [0, 0.05) is 38.0 Å². The smallest absolute Gasteiger partial charge is 0.252 e. The third-order valence-corrected chi connectivity index (χ3v) is 7.40. The van der Waals surface area contributed by atoms with E-state index in [4.69, 9.17) is 4.52 Å². The standard InChI is InChI=1S/C17H19N5O4S/c1-11-14(12(2)26-21-11)27(24,25)22-9-5-17(6-10-22)15(19-20-16(17)23)13-3-7-18-8-4-13/h3-4,7-8H,5-6,9-10H2,1-2H3,(H-,18,20,23,24,25). The van der Waals surface area contributed by atoms with Crippen molar-refractivity contribution in [3.63, 3.8) is 0 Å². The lowest BCUT2D eigenvalue weighted by Crippen LogP contribution is -2.51. The Kier molecular flexibility index (Phi) is 4.21. The predicted molar refractivity (Wildman–Crippen MR) is 95.2 cm³/mol. The predicted octanol–water partition coefficient (Wildman–Crippen LogP) is 1.21. The summed E-state index contributed by atoms with van der Waals surface area (Å²) in [6.07, 6.45) is 3.99. The van der Waals surface area contributed by atoms with Gasteiger partial charge in [-0.25, -0.2) is 5.43 Å². The van der Waals surface area contributed by atoms with Crippen molar-refractivity contribution in [3.05, 3.63) is 41.5 Å². The van der Waals surface area contributed by atoms with Gasteiger partial charge in [-0.1, -0.05) is 9.37 Å². The van der Waals surface area contributed by atoms with Crippen molar-refractivity contribution >= 4 is 22.0 Å². The first-order chi connectivity index (χ1) is 12.9. The Labute approximate surface area is 157 Å². The highest BCUT2D eigenvalue weighted by Crippen LogP contribution is 2.41. The van der Waals surface area contributed by atoms with Gasteiger partial charge in [0.25, 0.3) is 5.91 Å². The highest BCUT2D eigenvalue weighted by atomic mass is 32.3. The Bertz CT molecular complexity index is 943. The Morgan fingerprint density at radius 1 is 1.26 bits per heavy atom. The van der Waals surface area contributed by atoms with Crippen LogP contribution >= 0.6 is 0 Å². The number of sulfonamides is 1. The van der Waals surface area contributed by atoms with Gasteiger partial charge in [0.2, 0.25) is 4.90 Å². The van der Waals surface area contributed by atoms with Gasteiger partial charge in [-0.2, -0.15) is 5.10 Å². The monoisotopic (exact) mass is 389 g/mol. The number of aryl methyl sites for hydroxylation is 2. The molecular formula is C17H19N5O4S. The van der Waals surface area contributed by atoms with Crippen LogP contribution in [0.15, 0.2) is 39.0 Å². The lowest BCUT2D eigenvalue weighted by Gasteiger charge is -2.38. The molecule has 10 heteroatoms. The fourth-order valence-corrected chi connectivity index (χ4v) is 5.56. The summed E-state index contributed by atoms with van der Waals surface area (Å²) in [5.41, 5.74) is 3.53. The number of hydrogen-bond donors (Lipinski definition) is 1. The van der Waals surface area contributed by atoms with Crippen LogP contribution in [0.1, 0.15) is 29.9 Å². The second-order valence-electron chi connectivity index (χ2n) is 6.78. The minimum atomic E-state index is -3.73. The molecule has 2 aliphatic heterocycles. The molecule has 2 aliphatic rings. The highest BCUT2D eigenvalue weighted by molar-refractivity contribution is 7.95. The topological polar surface area (TPSA) is 124 Å². The molecule has 2 aromatic heterocycles. The third-order valence-electron chi connectivity index (χ3n) is 5.25. The fraction of sp³-hybridized carbons (Fsp3) is 0.412. The van der Waals surface area contributed by atoms with Crippen LogP contribution in [0.25, 0.3) is 0 Å². The van der Waals surface area contributed by atoms with Crippen LogP contribution in [0.4, 0.5) is 0 Å². The van der Waals surface area contributed by atoms with Crippen molar-refractivity contribution < 1.29 is 18.1 Å². The average molecular weight is 389 g/mol. The highest BCUT2D eigenvalue weighted by Gasteiger charge is 2.52. The van der Waals surface area contributed by atoms with Crippen molar-refractivity contribution in [1.82, 2.24) is 19.9 Å². The van der Waals surface area contributed by atoms with Crippen molar-refractivity contribution in [3.8, 4) is 0 Å². The first-order valence-corrected chi connectivity index (χ1v) is 10.0. The lowest BCUT2D eigenvalue weighted by molar-refractivity contribution is -0.127. The van der Waals surface area contributed by atoms with Crippen molar-refractivity contribution in [1.29, 1.82) is 0 Å². The first kappa shape index (κ1) is 18.0. The summed E-state index contributed by atoms with van der Waals surface area (Å²) in [6, 6.07) is 3.60. The molecule has 1 spiro atoms. The molecule has 1 atom stereocenters. The van der Waals surface area contributed by atoms with Gasteiger partial charge in [-0.3, -0.25) is 9.78 Å². The van der Waals surface area contributed by atoms with E-state index in [1.807, 2.05) is 0 Å². The van der Waals surface area contributed by atoms with Gasteiger partial charge in [-0.15, -0.1) is 4.31 Å². The molecule has 0 aliphatic carbocycles. The number of aromatic nitrogens is 2. The summed E-state index contributed by atoms with van der Waals surface area (Å²) in [5, 5.41) is 7.97. The first-order valence-electron chi connectivity index (χ1n) is 8.58. The number of hydrogen-bond acceptors (Lipinski definition) is 7. The Balaban J connectivity index is 1.60. The van der Waals surface area contributed by atoms with Gasteiger partial charge < -0.3 is 9.08 Å². The molecule has 0 saturated carbocycles. The molecule has 142 valence electrons. The zero-order valence-electron chi connectivity index (χ0n) is 15.0. The van der Waals surface area contributed by atoms with Crippen LogP contribution in [0.5, 0.6) is 0 Å². The van der Waals surface area contributed by atoms with E-state index < -0.39 is 15.8 Å². The second kappa shape index (κ2) is 6.32. The van der Waals surface area contributed by atoms with Crippen molar-refractivity contribution in [2.75, 3.05) is 13.1 Å². The number of piperidine rings is 1. The SMILES string of the molecule is Cc1noc(C)c1[S+](=O)([O-])N1CCC2(CC1)C(=O)NN=C2c1ccncc1. The summed E-state index contributed by atoms with van der Waals surface area (Å²) in [5.74, 6) is 0.0779. The molecule has 1 amide bonds. The number of carbonyl (C=O) groups is 1. The molecule has 0 aromatic carbocycles. The number of pyridine rings is 1. The molecule has 1 saturated heterocycles. The summed E-state index contributed by atoms with van der Waals surface area (Å²) < 4.78 is 32.4. The van der Waals surface area contributed by atoms with Crippen LogP contribution in [-0.2, 0) is 19.4 Å². The zero-order valence-corrected chi connectivity index (χ0v) is 15.8. The van der Waals surface area contributed by atoms with Crippen molar-refractivity contribution in [2.45, 2.75) is 31.6 Å². The number of nitrogens with zero attached hydrogens (tertiary/aromatic N) is 4. The maximum absolute atomic E-state index is 13.0. The van der Waals surface area contributed by atoms with E-state index in [9.17, 15) is 13.6 Å². The number of hydrazone groups is 1. The number of nitrogens with one attached hydrogen (secondary N) is 1. The molecule has 0 bridgehead atoms. The van der Waals surface area contributed by atoms with Gasteiger partial charge in [-0.05, 0) is 31.9 Å². The Morgan fingerprint density at radius 2 is 1.93 bits per heavy atom. The van der Waals surface area contributed by atoms with E-state index in [0.29, 0.717) is 24.2 Å². The maximum atomic E-state index is 13.0. The van der Waals surface area contributed by atoms with Crippen LogP contribution in [0.3, 0.4) is 0 Å². The van der Waals surface area contributed by atoms with E-state index in [2.05, 4.69) is 20.7 Å². The molecule has 1 unspecified atom stereocenters. The van der Waals surface area contributed by atoms with E-state index >= 15 is 0 Å². The summed E-state index contributed by atoms with van der Waals surface area (Å²) in [4.78, 5) is 16.7. The van der Waals surface area contributed by atoms with E-state index in [-0.39, 0.29) is 29.7 Å². The molecule has 0 radical (unpaired) electrons. The lowest BCUT2D eigenvalue weighted by atomic mass is 9.73. The average Bonchev–Trinajstić information content (AvgIpc) is 3.16. The molecule has 1 N–H and O–H groups in total. The van der Waals surface area contributed by atoms with Crippen LogP contribution in [0.2, 0.25) is 0 Å². The van der Waals surface area contributed by atoms with Gasteiger partial charge in [0.05, 0.1) is 11.1 Å². The number of rotatable bonds is 3. The fourth-order valence-electron chi connectivity index (χ4n) is 3.82. The maximum Gasteiger partial charge on any atom is 0.252 e. The third kappa shape index (κ3) is 2.71. The normalized spacial score (nSPS) is 21.7. The van der Waals surface area contributed by atoms with Crippen LogP contribution in [0, 0.1) is 19.3 Å². The molecule has 1 fully saturated rings. The minimum absolute atomic E-state index is 0.109. The largest absolute Gasteiger partial charge is 0.593 e.